The molecule has 0 aliphatic rings. The summed E-state index contributed by atoms with van der Waals surface area (Å²) >= 11 is 0. The van der Waals surface area contributed by atoms with Gasteiger partial charge < -0.3 is 4.42 Å². The first-order valence-corrected chi connectivity index (χ1v) is 18.2. The first-order chi connectivity index (χ1) is 27.2. The van der Waals surface area contributed by atoms with Crippen molar-refractivity contribution >= 4 is 21.9 Å². The molecule has 0 radical (unpaired) electrons. The predicted molar refractivity (Wildman–Crippen MR) is 221 cm³/mol. The third kappa shape index (κ3) is 6.32. The summed E-state index contributed by atoms with van der Waals surface area (Å²) in [5.74, 6) is 2.38. The predicted octanol–water partition coefficient (Wildman–Crippen LogP) is 12.2. The molecular formula is C49H31N5O. The summed E-state index contributed by atoms with van der Waals surface area (Å²) in [5.41, 5.74) is 11.1. The van der Waals surface area contributed by atoms with Gasteiger partial charge in [0.15, 0.2) is 23.3 Å². The van der Waals surface area contributed by atoms with Crippen LogP contribution in [0.15, 0.2) is 192 Å². The van der Waals surface area contributed by atoms with E-state index in [2.05, 4.69) is 72.8 Å². The molecule has 0 saturated heterocycles. The molecule has 0 fully saturated rings. The largest absolute Gasteiger partial charge is 0.456 e. The van der Waals surface area contributed by atoms with E-state index in [-0.39, 0.29) is 0 Å². The SMILES string of the molecule is c1ccc(-c2ccc(-c3nc(-c4cccc(-c5cc(-c6ccccc6)nc(-c6ccccc6)n5)c4)nc(-c4ccc5oc6ccccc6c5c4)n3)cc2)cc1. The Morgan fingerprint density at radius 1 is 0.255 bits per heavy atom. The average molecular weight is 706 g/mol. The highest BCUT2D eigenvalue weighted by Crippen LogP contribution is 2.34. The monoisotopic (exact) mass is 705 g/mol. The molecule has 258 valence electrons. The minimum Gasteiger partial charge on any atom is -0.456 e. The lowest BCUT2D eigenvalue weighted by Crippen LogP contribution is -2.00. The Hall–Kier alpha value is -7.57. The van der Waals surface area contributed by atoms with Crippen molar-refractivity contribution in [2.24, 2.45) is 0 Å². The van der Waals surface area contributed by atoms with Crippen LogP contribution in [0.25, 0.3) is 101 Å². The van der Waals surface area contributed by atoms with Gasteiger partial charge in [0, 0.05) is 44.2 Å². The third-order valence-electron chi connectivity index (χ3n) is 9.76. The second-order valence-corrected chi connectivity index (χ2v) is 13.3. The van der Waals surface area contributed by atoms with E-state index in [1.165, 1.54) is 0 Å². The number of fused-ring (bicyclic) bond motifs is 3. The van der Waals surface area contributed by atoms with Crippen LogP contribution in [0.5, 0.6) is 0 Å². The molecule has 55 heavy (non-hydrogen) atoms. The van der Waals surface area contributed by atoms with E-state index < -0.39 is 0 Å². The van der Waals surface area contributed by atoms with Crippen molar-refractivity contribution in [2.45, 2.75) is 0 Å². The highest BCUT2D eigenvalue weighted by Gasteiger charge is 2.17. The first-order valence-electron chi connectivity index (χ1n) is 18.2. The van der Waals surface area contributed by atoms with Gasteiger partial charge in [-0.1, -0.05) is 152 Å². The number of nitrogens with zero attached hydrogens (tertiary/aromatic N) is 5. The molecule has 0 amide bonds. The molecule has 10 aromatic rings. The fourth-order valence-corrected chi connectivity index (χ4v) is 6.96. The number of hydrogen-bond acceptors (Lipinski definition) is 6. The van der Waals surface area contributed by atoms with Gasteiger partial charge in [-0.25, -0.2) is 24.9 Å². The Morgan fingerprint density at radius 2 is 0.691 bits per heavy atom. The van der Waals surface area contributed by atoms with Gasteiger partial charge in [-0.15, -0.1) is 0 Å². The molecule has 0 unspecified atom stereocenters. The zero-order valence-electron chi connectivity index (χ0n) is 29.5. The van der Waals surface area contributed by atoms with Crippen LogP contribution in [-0.2, 0) is 0 Å². The summed E-state index contributed by atoms with van der Waals surface area (Å²) in [4.78, 5) is 25.3. The lowest BCUT2D eigenvalue weighted by Gasteiger charge is -2.11. The van der Waals surface area contributed by atoms with Crippen LogP contribution in [0.4, 0.5) is 0 Å². The van der Waals surface area contributed by atoms with E-state index in [9.17, 15) is 0 Å². The van der Waals surface area contributed by atoms with Crippen LogP contribution >= 0.6 is 0 Å². The van der Waals surface area contributed by atoms with Gasteiger partial charge in [0.2, 0.25) is 0 Å². The summed E-state index contributed by atoms with van der Waals surface area (Å²) in [5, 5.41) is 2.06. The fraction of sp³-hybridized carbons (Fsp3) is 0. The van der Waals surface area contributed by atoms with Gasteiger partial charge in [0.1, 0.15) is 11.2 Å². The molecule has 3 aromatic heterocycles. The molecule has 0 spiro atoms. The van der Waals surface area contributed by atoms with Crippen LogP contribution in [-0.4, -0.2) is 24.9 Å². The van der Waals surface area contributed by atoms with Gasteiger partial charge in [0.05, 0.1) is 11.4 Å². The third-order valence-corrected chi connectivity index (χ3v) is 9.76. The zero-order valence-corrected chi connectivity index (χ0v) is 29.5. The number of benzene rings is 7. The topological polar surface area (TPSA) is 77.6 Å². The minimum absolute atomic E-state index is 0.562. The molecule has 0 N–H and O–H groups in total. The smallest absolute Gasteiger partial charge is 0.164 e. The van der Waals surface area contributed by atoms with E-state index in [1.807, 2.05) is 115 Å². The number of furan rings is 1. The Bertz CT molecular complexity index is 2900. The number of aromatic nitrogens is 5. The van der Waals surface area contributed by atoms with Crippen molar-refractivity contribution in [1.82, 2.24) is 24.9 Å². The second-order valence-electron chi connectivity index (χ2n) is 13.3. The van der Waals surface area contributed by atoms with Crippen LogP contribution in [0, 0.1) is 0 Å². The van der Waals surface area contributed by atoms with E-state index >= 15 is 0 Å². The summed E-state index contributed by atoms with van der Waals surface area (Å²) in [6, 6.07) is 63.5. The van der Waals surface area contributed by atoms with Crippen LogP contribution in [0.1, 0.15) is 0 Å². The highest BCUT2D eigenvalue weighted by molar-refractivity contribution is 6.06. The average Bonchev–Trinajstić information content (AvgIpc) is 3.65. The lowest BCUT2D eigenvalue weighted by atomic mass is 10.0. The quantitative estimate of drug-likeness (QED) is 0.164. The van der Waals surface area contributed by atoms with Crippen LogP contribution in [0.2, 0.25) is 0 Å². The normalized spacial score (nSPS) is 11.3. The zero-order chi connectivity index (χ0) is 36.6. The molecule has 0 atom stereocenters. The van der Waals surface area contributed by atoms with Gasteiger partial charge in [0.25, 0.3) is 0 Å². The van der Waals surface area contributed by atoms with Crippen molar-refractivity contribution < 1.29 is 4.42 Å². The fourth-order valence-electron chi connectivity index (χ4n) is 6.96. The molecule has 10 rings (SSSR count). The van der Waals surface area contributed by atoms with E-state index in [1.54, 1.807) is 0 Å². The summed E-state index contributed by atoms with van der Waals surface area (Å²) in [6.07, 6.45) is 0. The van der Waals surface area contributed by atoms with E-state index in [4.69, 9.17) is 29.3 Å². The van der Waals surface area contributed by atoms with Crippen molar-refractivity contribution in [3.8, 4) is 79.2 Å². The molecule has 0 bridgehead atoms. The molecule has 3 heterocycles. The summed E-state index contributed by atoms with van der Waals surface area (Å²) in [7, 11) is 0. The molecule has 6 heteroatoms. The Balaban J connectivity index is 1.11. The maximum Gasteiger partial charge on any atom is 0.164 e. The van der Waals surface area contributed by atoms with Crippen LogP contribution in [0.3, 0.4) is 0 Å². The van der Waals surface area contributed by atoms with Crippen molar-refractivity contribution in [3.05, 3.63) is 188 Å². The van der Waals surface area contributed by atoms with E-state index in [0.717, 1.165) is 77.8 Å². The maximum absolute atomic E-state index is 6.14. The van der Waals surface area contributed by atoms with Crippen molar-refractivity contribution in [2.75, 3.05) is 0 Å². The molecule has 0 aliphatic heterocycles. The molecule has 0 saturated carbocycles. The Labute approximate surface area is 317 Å². The van der Waals surface area contributed by atoms with Crippen molar-refractivity contribution in [1.29, 1.82) is 0 Å². The van der Waals surface area contributed by atoms with Crippen LogP contribution < -0.4 is 0 Å². The van der Waals surface area contributed by atoms with Gasteiger partial charge in [-0.2, -0.15) is 0 Å². The van der Waals surface area contributed by atoms with Gasteiger partial charge in [-0.3, -0.25) is 0 Å². The Kier molecular flexibility index (Phi) is 8.04. The number of para-hydroxylation sites is 1. The van der Waals surface area contributed by atoms with Crippen molar-refractivity contribution in [3.63, 3.8) is 0 Å². The number of hydrogen-bond donors (Lipinski definition) is 0. The van der Waals surface area contributed by atoms with E-state index in [0.29, 0.717) is 23.3 Å². The minimum atomic E-state index is 0.562. The summed E-state index contributed by atoms with van der Waals surface area (Å²) < 4.78 is 6.14. The maximum atomic E-state index is 6.14. The Morgan fingerprint density at radius 3 is 1.40 bits per heavy atom. The number of rotatable bonds is 7. The standard InChI is InChI=1S/C49H31N5O/c1-4-13-32(14-5-1)33-23-25-36(26-24-33)47-52-48(54-49(53-47)39-27-28-45-41(30-39)40-21-10-11-22-44(40)55-45)38-20-12-19-37(29-38)43-31-42(34-15-6-2-7-16-34)50-46(51-43)35-17-8-3-9-18-35/h1-31H. The molecular weight excluding hydrogens is 675 g/mol. The molecule has 0 aliphatic carbocycles. The first kappa shape index (κ1) is 32.1. The van der Waals surface area contributed by atoms with Gasteiger partial charge >= 0.3 is 0 Å². The lowest BCUT2D eigenvalue weighted by molar-refractivity contribution is 0.669. The molecule has 7 aromatic carbocycles. The highest BCUT2D eigenvalue weighted by atomic mass is 16.3. The molecule has 6 nitrogen and oxygen atoms in total. The second kappa shape index (κ2) is 13.8. The summed E-state index contributed by atoms with van der Waals surface area (Å²) in [6.45, 7) is 0. The van der Waals surface area contributed by atoms with Gasteiger partial charge in [-0.05, 0) is 47.5 Å².